The monoisotopic (exact) mass is 1010 g/mol. The average molecular weight is 1010 g/mol. The first-order valence-electron chi connectivity index (χ1n) is 25.7. The standard InChI is InChI=1S/C54H62F2N12O6/c1-2-74-41-29-43(50-38(30-57)32-61-68(50)34-41)36-8-14-47(60-31-36)65-21-16-54(17-22-65,63-51(71)44-28-39(55)9-12-45(44)56)35-64-23-25-66(26-24-64)49(70)7-5-3-4-6-18-58-19-20-59-40-10-11-42-37(27-40)33-67(53(42)73)46-13-15-48(69)62-52(46)72/h8-12,14,27-29,31-32,34,46,58-59H,2-7,13,15-26,33,35H2,1H3,(H,63,71)(H,62,69,72). The molecular weight excluding hydrogens is 951 g/mol. The molecule has 0 bridgehead atoms. The van der Waals surface area contributed by atoms with Crippen molar-refractivity contribution in [3.63, 3.8) is 0 Å². The van der Waals surface area contributed by atoms with E-state index in [2.05, 4.69) is 42.2 Å². The van der Waals surface area contributed by atoms with Crippen LogP contribution in [0.15, 0.2) is 73.2 Å². The summed E-state index contributed by atoms with van der Waals surface area (Å²) >= 11 is 0. The van der Waals surface area contributed by atoms with Crippen molar-refractivity contribution in [2.45, 2.75) is 82.8 Å². The van der Waals surface area contributed by atoms with Gasteiger partial charge in [0.2, 0.25) is 17.7 Å². The van der Waals surface area contributed by atoms with Crippen LogP contribution in [0.5, 0.6) is 5.75 Å². The van der Waals surface area contributed by atoms with Crippen molar-refractivity contribution in [1.29, 1.82) is 5.26 Å². The summed E-state index contributed by atoms with van der Waals surface area (Å²) in [7, 11) is 0. The Bertz CT molecular complexity index is 2930. The first kappa shape index (κ1) is 51.4. The van der Waals surface area contributed by atoms with E-state index in [0.717, 1.165) is 85.2 Å². The molecule has 1 unspecified atom stereocenters. The van der Waals surface area contributed by atoms with Gasteiger partial charge in [-0.2, -0.15) is 10.4 Å². The maximum absolute atomic E-state index is 14.9. The molecule has 4 N–H and O–H groups in total. The van der Waals surface area contributed by atoms with Crippen LogP contribution in [0.2, 0.25) is 0 Å². The van der Waals surface area contributed by atoms with E-state index < -0.39 is 35.0 Å². The maximum atomic E-state index is 14.9. The lowest BCUT2D eigenvalue weighted by Gasteiger charge is -2.46. The second kappa shape index (κ2) is 23.1. The van der Waals surface area contributed by atoms with Crippen LogP contribution in [0, 0.1) is 23.0 Å². The van der Waals surface area contributed by atoms with Crippen molar-refractivity contribution < 1.29 is 37.5 Å². The number of pyridine rings is 2. The average Bonchev–Trinajstić information content (AvgIpc) is 3.97. The molecule has 9 rings (SSSR count). The number of hydrogen-bond acceptors (Lipinski definition) is 13. The predicted molar refractivity (Wildman–Crippen MR) is 272 cm³/mol. The lowest BCUT2D eigenvalue weighted by Crippen LogP contribution is -2.62. The van der Waals surface area contributed by atoms with Crippen LogP contribution in [-0.4, -0.2) is 142 Å². The van der Waals surface area contributed by atoms with Gasteiger partial charge < -0.3 is 35.4 Å². The molecule has 4 aliphatic heterocycles. The third-order valence-electron chi connectivity index (χ3n) is 14.6. The van der Waals surface area contributed by atoms with E-state index in [-0.39, 0.29) is 29.7 Å². The summed E-state index contributed by atoms with van der Waals surface area (Å²) < 4.78 is 36.6. The number of nitriles is 1. The first-order valence-corrected chi connectivity index (χ1v) is 25.7. The second-order valence-electron chi connectivity index (χ2n) is 19.5. The number of aromatic nitrogens is 3. The molecule has 7 heterocycles. The highest BCUT2D eigenvalue weighted by atomic mass is 19.1. The van der Waals surface area contributed by atoms with Gasteiger partial charge in [0.25, 0.3) is 11.8 Å². The number of benzene rings is 2. The number of ether oxygens (including phenoxy) is 1. The normalized spacial score (nSPS) is 17.8. The van der Waals surface area contributed by atoms with Crippen LogP contribution in [-0.2, 0) is 20.9 Å². The molecule has 0 saturated carbocycles. The molecule has 0 spiro atoms. The molecule has 1 atom stereocenters. The summed E-state index contributed by atoms with van der Waals surface area (Å²) in [5.74, 6) is -1.61. The Kier molecular flexibility index (Phi) is 16.1. The number of piperidine rings is 2. The number of piperazine rings is 1. The molecule has 74 heavy (non-hydrogen) atoms. The minimum Gasteiger partial charge on any atom is -0.492 e. The van der Waals surface area contributed by atoms with Crippen molar-refractivity contribution in [1.82, 2.24) is 45.2 Å². The van der Waals surface area contributed by atoms with E-state index >= 15 is 0 Å². The highest BCUT2D eigenvalue weighted by Gasteiger charge is 2.41. The number of halogens is 2. The van der Waals surface area contributed by atoms with Crippen molar-refractivity contribution >= 4 is 46.6 Å². The van der Waals surface area contributed by atoms with Crippen LogP contribution < -0.4 is 30.9 Å². The van der Waals surface area contributed by atoms with E-state index in [9.17, 15) is 38.0 Å². The van der Waals surface area contributed by atoms with Gasteiger partial charge in [-0.05, 0) is 106 Å². The van der Waals surface area contributed by atoms with E-state index in [0.29, 0.717) is 114 Å². The molecule has 3 fully saturated rings. The number of nitrogens with one attached hydrogen (secondary N) is 4. The zero-order valence-corrected chi connectivity index (χ0v) is 41.6. The molecule has 0 radical (unpaired) electrons. The zero-order chi connectivity index (χ0) is 51.8. The fourth-order valence-corrected chi connectivity index (χ4v) is 10.6. The van der Waals surface area contributed by atoms with Crippen molar-refractivity contribution in [3.8, 4) is 22.9 Å². The molecule has 4 aliphatic rings. The fraction of sp³-hybridized carbons (Fsp3) is 0.444. The number of carbonyl (C=O) groups is 5. The number of nitrogens with zero attached hydrogens (tertiary/aromatic N) is 8. The molecule has 388 valence electrons. The van der Waals surface area contributed by atoms with Crippen LogP contribution in [0.25, 0.3) is 16.6 Å². The van der Waals surface area contributed by atoms with Crippen LogP contribution >= 0.6 is 0 Å². The SMILES string of the molecule is CCOc1cc(-c2ccc(N3CCC(CN4CCN(C(=O)CCCCCCNCCNc5ccc6c(c5)CN(C5CCC(=O)NC5=O)C6=O)CC4)(NC(=O)c4cc(F)ccc4F)CC3)nc2)c2c(C#N)cnn2c1. The number of imide groups is 1. The summed E-state index contributed by atoms with van der Waals surface area (Å²) in [4.78, 5) is 76.6. The number of rotatable bonds is 20. The third-order valence-corrected chi connectivity index (χ3v) is 14.6. The van der Waals surface area contributed by atoms with Gasteiger partial charge in [0.15, 0.2) is 0 Å². The number of fused-ring (bicyclic) bond motifs is 2. The molecular formula is C54H62F2N12O6. The minimum absolute atomic E-state index is 0.131. The Labute approximate surface area is 428 Å². The summed E-state index contributed by atoms with van der Waals surface area (Å²) in [6.45, 7) is 8.88. The quantitative estimate of drug-likeness (QED) is 0.0580. The summed E-state index contributed by atoms with van der Waals surface area (Å²) in [5.41, 5.74) is 3.87. The van der Waals surface area contributed by atoms with Crippen molar-refractivity contribution in [3.05, 3.63) is 107 Å². The zero-order valence-electron chi connectivity index (χ0n) is 41.6. The number of anilines is 2. The number of unbranched alkanes of at least 4 members (excludes halogenated alkanes) is 3. The smallest absolute Gasteiger partial charge is 0.255 e. The predicted octanol–water partition coefficient (Wildman–Crippen LogP) is 5.27. The third kappa shape index (κ3) is 11.8. The van der Waals surface area contributed by atoms with Crippen LogP contribution in [0.1, 0.15) is 96.6 Å². The highest BCUT2D eigenvalue weighted by molar-refractivity contribution is 6.05. The summed E-state index contributed by atoms with van der Waals surface area (Å²) in [5, 5.41) is 26.5. The Hall–Kier alpha value is -7.50. The fourth-order valence-electron chi connectivity index (χ4n) is 10.6. The topological polar surface area (TPSA) is 210 Å². The van der Waals surface area contributed by atoms with Gasteiger partial charge in [-0.15, -0.1) is 0 Å². The van der Waals surface area contributed by atoms with E-state index in [4.69, 9.17) is 9.72 Å². The second-order valence-corrected chi connectivity index (χ2v) is 19.5. The van der Waals surface area contributed by atoms with Crippen molar-refractivity contribution in [2.75, 3.05) is 82.3 Å². The largest absolute Gasteiger partial charge is 0.492 e. The van der Waals surface area contributed by atoms with E-state index in [1.54, 1.807) is 27.9 Å². The Morgan fingerprint density at radius 1 is 0.905 bits per heavy atom. The molecule has 5 aromatic rings. The van der Waals surface area contributed by atoms with Gasteiger partial charge >= 0.3 is 0 Å². The Morgan fingerprint density at radius 2 is 1.72 bits per heavy atom. The van der Waals surface area contributed by atoms with Gasteiger partial charge in [-0.3, -0.25) is 34.2 Å². The molecule has 20 heteroatoms. The van der Waals surface area contributed by atoms with E-state index in [1.807, 2.05) is 42.2 Å². The lowest BCUT2D eigenvalue weighted by molar-refractivity contribution is -0.137. The van der Waals surface area contributed by atoms with Gasteiger partial charge in [0, 0.05) is 107 Å². The number of carbonyl (C=O) groups excluding carboxylic acids is 5. The molecule has 5 amide bonds. The van der Waals surface area contributed by atoms with Crippen LogP contribution in [0.4, 0.5) is 20.3 Å². The molecule has 2 aromatic carbocycles. The van der Waals surface area contributed by atoms with Crippen molar-refractivity contribution in [2.24, 2.45) is 0 Å². The van der Waals surface area contributed by atoms with Gasteiger partial charge in [-0.1, -0.05) is 12.8 Å². The highest BCUT2D eigenvalue weighted by Crippen LogP contribution is 2.34. The van der Waals surface area contributed by atoms with Gasteiger partial charge in [0.05, 0.1) is 41.2 Å². The lowest BCUT2D eigenvalue weighted by atomic mass is 9.86. The number of amides is 5. The first-order chi connectivity index (χ1) is 35.9. The van der Waals surface area contributed by atoms with E-state index in [1.165, 1.54) is 6.20 Å². The van der Waals surface area contributed by atoms with Gasteiger partial charge in [-0.25, -0.2) is 18.3 Å². The molecule has 0 aliphatic carbocycles. The van der Waals surface area contributed by atoms with Gasteiger partial charge in [0.1, 0.15) is 35.3 Å². The molecule has 3 saturated heterocycles. The maximum Gasteiger partial charge on any atom is 0.255 e. The minimum atomic E-state index is -0.798. The molecule has 3 aromatic heterocycles. The summed E-state index contributed by atoms with van der Waals surface area (Å²) in [6, 6.07) is 15.8. The Balaban J connectivity index is 0.705. The van der Waals surface area contributed by atoms with Crippen LogP contribution in [0.3, 0.4) is 0 Å². The molecule has 18 nitrogen and oxygen atoms in total. The Morgan fingerprint density at radius 3 is 2.47 bits per heavy atom. The number of hydrogen-bond donors (Lipinski definition) is 4. The summed E-state index contributed by atoms with van der Waals surface area (Å²) in [6.07, 6.45) is 10.8.